The summed E-state index contributed by atoms with van der Waals surface area (Å²) in [4.78, 5) is 6.07. The Morgan fingerprint density at radius 3 is 2.94 bits per heavy atom. The van der Waals surface area contributed by atoms with Crippen molar-refractivity contribution in [1.82, 2.24) is 10.3 Å². The Morgan fingerprint density at radius 2 is 2.24 bits per heavy atom. The smallest absolute Gasteiger partial charge is 0.164 e. The van der Waals surface area contributed by atoms with Crippen LogP contribution in [0.3, 0.4) is 0 Å². The van der Waals surface area contributed by atoms with Crippen LogP contribution in [0.15, 0.2) is 12.3 Å². The topological polar surface area (TPSA) is 28.2 Å². The molecule has 0 bridgehead atoms. The van der Waals surface area contributed by atoms with Gasteiger partial charge in [-0.3, -0.25) is 0 Å². The summed E-state index contributed by atoms with van der Waals surface area (Å²) < 4.78 is 13.4. The van der Waals surface area contributed by atoms with Crippen LogP contribution in [0.2, 0.25) is 5.15 Å². The Balaban J connectivity index is 1.76. The molecule has 92 valence electrons. The molecule has 2 saturated heterocycles. The van der Waals surface area contributed by atoms with Crippen molar-refractivity contribution in [2.45, 2.75) is 18.9 Å². The van der Waals surface area contributed by atoms with Gasteiger partial charge in [-0.2, -0.15) is 0 Å². The van der Waals surface area contributed by atoms with Crippen molar-refractivity contribution in [3.63, 3.8) is 0 Å². The van der Waals surface area contributed by atoms with Crippen molar-refractivity contribution in [2.75, 3.05) is 24.5 Å². The Kier molecular flexibility index (Phi) is 2.92. The van der Waals surface area contributed by atoms with Crippen molar-refractivity contribution in [3.8, 4) is 0 Å². The standard InChI is InChI=1S/C12H15ClFN3/c13-12-10(14)5-9(7-16-12)17-3-1-8-6-15-11(8)2-4-17/h5,7-8,11,15H,1-4,6H2. The molecule has 0 amide bonds. The van der Waals surface area contributed by atoms with E-state index in [4.69, 9.17) is 11.6 Å². The van der Waals surface area contributed by atoms with Crippen LogP contribution in [0.4, 0.5) is 10.1 Å². The van der Waals surface area contributed by atoms with E-state index in [0.717, 1.165) is 37.7 Å². The Morgan fingerprint density at radius 1 is 1.41 bits per heavy atom. The molecule has 0 aliphatic carbocycles. The van der Waals surface area contributed by atoms with Crippen LogP contribution in [0.5, 0.6) is 0 Å². The van der Waals surface area contributed by atoms with Gasteiger partial charge in [0.1, 0.15) is 0 Å². The third-order valence-corrected chi connectivity index (χ3v) is 4.12. The molecule has 0 spiro atoms. The monoisotopic (exact) mass is 255 g/mol. The first kappa shape index (κ1) is 11.2. The van der Waals surface area contributed by atoms with E-state index >= 15 is 0 Å². The van der Waals surface area contributed by atoms with Crippen LogP contribution >= 0.6 is 11.6 Å². The SMILES string of the molecule is Fc1cc(N2CCC3CNC3CC2)cnc1Cl. The van der Waals surface area contributed by atoms with Gasteiger partial charge in [-0.25, -0.2) is 9.37 Å². The van der Waals surface area contributed by atoms with Gasteiger partial charge in [0.15, 0.2) is 11.0 Å². The van der Waals surface area contributed by atoms with E-state index in [2.05, 4.69) is 15.2 Å². The van der Waals surface area contributed by atoms with Crippen molar-refractivity contribution < 1.29 is 4.39 Å². The van der Waals surface area contributed by atoms with Gasteiger partial charge in [0.2, 0.25) is 0 Å². The molecule has 1 N–H and O–H groups in total. The first-order valence-electron chi connectivity index (χ1n) is 6.03. The molecule has 0 aromatic carbocycles. The zero-order chi connectivity index (χ0) is 11.8. The second-order valence-electron chi connectivity index (χ2n) is 4.81. The zero-order valence-corrected chi connectivity index (χ0v) is 10.3. The largest absolute Gasteiger partial charge is 0.370 e. The molecule has 2 aliphatic heterocycles. The molecule has 2 aliphatic rings. The molecule has 3 heterocycles. The van der Waals surface area contributed by atoms with Crippen LogP contribution in [0, 0.1) is 11.7 Å². The van der Waals surface area contributed by atoms with Gasteiger partial charge < -0.3 is 10.2 Å². The number of aromatic nitrogens is 1. The lowest BCUT2D eigenvalue weighted by Crippen LogP contribution is -2.52. The summed E-state index contributed by atoms with van der Waals surface area (Å²) in [5, 5.41) is 3.39. The number of anilines is 1. The summed E-state index contributed by atoms with van der Waals surface area (Å²) in [7, 11) is 0. The normalized spacial score (nSPS) is 28.2. The average molecular weight is 256 g/mol. The van der Waals surface area contributed by atoms with E-state index in [1.165, 1.54) is 12.5 Å². The third-order valence-electron chi connectivity index (χ3n) is 3.84. The van der Waals surface area contributed by atoms with E-state index in [1.54, 1.807) is 6.20 Å². The summed E-state index contributed by atoms with van der Waals surface area (Å²) in [5.41, 5.74) is 0.841. The number of hydrogen-bond acceptors (Lipinski definition) is 3. The van der Waals surface area contributed by atoms with E-state index in [-0.39, 0.29) is 5.15 Å². The first-order valence-corrected chi connectivity index (χ1v) is 6.41. The molecule has 0 saturated carbocycles. The van der Waals surface area contributed by atoms with Gasteiger partial charge >= 0.3 is 0 Å². The summed E-state index contributed by atoms with van der Waals surface area (Å²) in [6, 6.07) is 2.14. The zero-order valence-electron chi connectivity index (χ0n) is 9.50. The maximum atomic E-state index is 13.4. The minimum absolute atomic E-state index is 0.0506. The highest BCUT2D eigenvalue weighted by molar-refractivity contribution is 6.29. The quantitative estimate of drug-likeness (QED) is 0.779. The molecular formula is C12H15ClFN3. The fourth-order valence-electron chi connectivity index (χ4n) is 2.66. The lowest BCUT2D eigenvalue weighted by molar-refractivity contribution is 0.226. The lowest BCUT2D eigenvalue weighted by atomic mass is 9.88. The molecular weight excluding hydrogens is 241 g/mol. The van der Waals surface area contributed by atoms with E-state index < -0.39 is 5.82 Å². The highest BCUT2D eigenvalue weighted by atomic mass is 35.5. The molecule has 1 aromatic rings. The van der Waals surface area contributed by atoms with Gasteiger partial charge in [-0.05, 0) is 25.3 Å². The Bertz CT molecular complexity index is 412. The fourth-order valence-corrected chi connectivity index (χ4v) is 2.77. The maximum Gasteiger partial charge on any atom is 0.164 e. The van der Waals surface area contributed by atoms with Crippen LogP contribution in [-0.4, -0.2) is 30.7 Å². The fraction of sp³-hybridized carbons (Fsp3) is 0.583. The predicted octanol–water partition coefficient (Wildman–Crippen LogP) is 2.06. The number of fused-ring (bicyclic) bond motifs is 1. The molecule has 2 atom stereocenters. The first-order chi connectivity index (χ1) is 8.24. The average Bonchev–Trinajstić information content (AvgIpc) is 2.42. The number of nitrogens with zero attached hydrogens (tertiary/aromatic N) is 2. The third kappa shape index (κ3) is 2.11. The minimum Gasteiger partial charge on any atom is -0.370 e. The molecule has 2 unspecified atom stereocenters. The van der Waals surface area contributed by atoms with Gasteiger partial charge in [0.25, 0.3) is 0 Å². The minimum atomic E-state index is -0.436. The molecule has 3 nitrogen and oxygen atoms in total. The maximum absolute atomic E-state index is 13.4. The van der Waals surface area contributed by atoms with Gasteiger partial charge in [0.05, 0.1) is 11.9 Å². The van der Waals surface area contributed by atoms with E-state index in [0.29, 0.717) is 6.04 Å². The summed E-state index contributed by atoms with van der Waals surface area (Å²) in [6.45, 7) is 3.06. The van der Waals surface area contributed by atoms with Crippen molar-refractivity contribution in [2.24, 2.45) is 5.92 Å². The van der Waals surface area contributed by atoms with Crippen LogP contribution in [0.25, 0.3) is 0 Å². The number of pyridine rings is 1. The molecule has 2 fully saturated rings. The van der Waals surface area contributed by atoms with Crippen LogP contribution in [-0.2, 0) is 0 Å². The van der Waals surface area contributed by atoms with E-state index in [1.807, 2.05) is 0 Å². The van der Waals surface area contributed by atoms with Crippen molar-refractivity contribution in [1.29, 1.82) is 0 Å². The van der Waals surface area contributed by atoms with Gasteiger partial charge in [-0.1, -0.05) is 11.6 Å². The number of rotatable bonds is 1. The van der Waals surface area contributed by atoms with Crippen molar-refractivity contribution >= 4 is 17.3 Å². The highest BCUT2D eigenvalue weighted by Gasteiger charge is 2.32. The van der Waals surface area contributed by atoms with E-state index in [9.17, 15) is 4.39 Å². The number of nitrogens with one attached hydrogen (secondary N) is 1. The Hall–Kier alpha value is -0.870. The molecule has 17 heavy (non-hydrogen) atoms. The number of hydrogen-bond donors (Lipinski definition) is 1. The summed E-state index contributed by atoms with van der Waals surface area (Å²) in [6.07, 6.45) is 3.95. The summed E-state index contributed by atoms with van der Waals surface area (Å²) >= 11 is 5.59. The second kappa shape index (κ2) is 4.42. The molecule has 1 aromatic heterocycles. The van der Waals surface area contributed by atoms with Crippen LogP contribution < -0.4 is 10.2 Å². The predicted molar refractivity (Wildman–Crippen MR) is 65.9 cm³/mol. The Labute approximate surface area is 105 Å². The lowest BCUT2D eigenvalue weighted by Gasteiger charge is -2.36. The van der Waals surface area contributed by atoms with Crippen molar-refractivity contribution in [3.05, 3.63) is 23.2 Å². The highest BCUT2D eigenvalue weighted by Crippen LogP contribution is 2.27. The van der Waals surface area contributed by atoms with Gasteiger partial charge in [0, 0.05) is 25.2 Å². The van der Waals surface area contributed by atoms with Crippen LogP contribution in [0.1, 0.15) is 12.8 Å². The molecule has 0 radical (unpaired) electrons. The number of halogens is 2. The molecule has 5 heteroatoms. The van der Waals surface area contributed by atoms with Gasteiger partial charge in [-0.15, -0.1) is 0 Å². The summed E-state index contributed by atoms with van der Waals surface area (Å²) in [5.74, 6) is 0.361. The second-order valence-corrected chi connectivity index (χ2v) is 5.16. The molecule has 3 rings (SSSR count).